The van der Waals surface area contributed by atoms with Crippen molar-refractivity contribution >= 4 is 29.3 Å². The van der Waals surface area contributed by atoms with E-state index in [0.29, 0.717) is 11.3 Å². The molecular weight excluding hydrogens is 354 g/mol. The maximum absolute atomic E-state index is 12.8. The van der Waals surface area contributed by atoms with Crippen LogP contribution in [0.15, 0.2) is 42.0 Å². The number of nitrogens with one attached hydrogen (secondary N) is 1. The SMILES string of the molecule is CCN(CC)c1ccc(C=C2C(=O)NN(c3ccc(C)c(C)c3)C2=O)c(O)c1. The Morgan fingerprint density at radius 3 is 2.36 bits per heavy atom. The number of nitrogens with zero attached hydrogens (tertiary/aromatic N) is 2. The van der Waals surface area contributed by atoms with E-state index in [-0.39, 0.29) is 11.3 Å². The minimum atomic E-state index is -0.490. The van der Waals surface area contributed by atoms with Crippen LogP contribution in [-0.2, 0) is 9.59 Å². The van der Waals surface area contributed by atoms with Crippen molar-refractivity contribution in [1.29, 1.82) is 0 Å². The lowest BCUT2D eigenvalue weighted by molar-refractivity contribution is -0.117. The highest BCUT2D eigenvalue weighted by molar-refractivity contribution is 6.31. The molecule has 6 heteroatoms. The number of aryl methyl sites for hydroxylation is 2. The van der Waals surface area contributed by atoms with Crippen molar-refractivity contribution in [2.75, 3.05) is 23.0 Å². The number of benzene rings is 2. The number of phenolic OH excluding ortho intramolecular Hbond substituents is 1. The van der Waals surface area contributed by atoms with Gasteiger partial charge in [-0.1, -0.05) is 6.07 Å². The summed E-state index contributed by atoms with van der Waals surface area (Å²) >= 11 is 0. The molecule has 2 aromatic carbocycles. The highest BCUT2D eigenvalue weighted by Crippen LogP contribution is 2.29. The summed E-state index contributed by atoms with van der Waals surface area (Å²) in [5.74, 6) is -0.905. The molecule has 1 aliphatic heterocycles. The largest absolute Gasteiger partial charge is 0.507 e. The molecule has 0 atom stereocenters. The highest BCUT2D eigenvalue weighted by Gasteiger charge is 2.34. The Balaban J connectivity index is 1.91. The standard InChI is InChI=1S/C22H25N3O3/c1-5-24(6-2)17-10-8-16(20(26)13-17)12-19-21(27)23-25(22(19)28)18-9-7-14(3)15(4)11-18/h7-13,26H,5-6H2,1-4H3,(H,23,27). The van der Waals surface area contributed by atoms with Crippen LogP contribution < -0.4 is 15.3 Å². The van der Waals surface area contributed by atoms with Gasteiger partial charge in [0.15, 0.2) is 0 Å². The van der Waals surface area contributed by atoms with Crippen molar-refractivity contribution in [2.24, 2.45) is 0 Å². The lowest BCUT2D eigenvalue weighted by Crippen LogP contribution is -2.35. The van der Waals surface area contributed by atoms with Crippen LogP contribution in [0.3, 0.4) is 0 Å². The van der Waals surface area contributed by atoms with Crippen LogP contribution in [-0.4, -0.2) is 30.0 Å². The van der Waals surface area contributed by atoms with Crippen LogP contribution in [0.1, 0.15) is 30.5 Å². The molecule has 2 aromatic rings. The number of hydrazine groups is 1. The predicted octanol–water partition coefficient (Wildman–Crippen LogP) is 3.32. The Morgan fingerprint density at radius 2 is 1.75 bits per heavy atom. The summed E-state index contributed by atoms with van der Waals surface area (Å²) in [7, 11) is 0. The average molecular weight is 379 g/mol. The second-order valence-corrected chi connectivity index (χ2v) is 6.82. The lowest BCUT2D eigenvalue weighted by atomic mass is 10.1. The maximum atomic E-state index is 12.8. The summed E-state index contributed by atoms with van der Waals surface area (Å²) < 4.78 is 0. The van der Waals surface area contributed by atoms with E-state index in [0.717, 1.165) is 29.9 Å². The van der Waals surface area contributed by atoms with Gasteiger partial charge < -0.3 is 10.0 Å². The molecular formula is C22H25N3O3. The smallest absolute Gasteiger partial charge is 0.282 e. The van der Waals surface area contributed by atoms with Crippen molar-refractivity contribution in [2.45, 2.75) is 27.7 Å². The normalized spacial score (nSPS) is 15.3. The van der Waals surface area contributed by atoms with E-state index in [1.54, 1.807) is 18.2 Å². The molecule has 146 valence electrons. The maximum Gasteiger partial charge on any atom is 0.282 e. The molecule has 0 saturated carbocycles. The topological polar surface area (TPSA) is 72.9 Å². The van der Waals surface area contributed by atoms with Gasteiger partial charge in [-0.25, -0.2) is 5.01 Å². The van der Waals surface area contributed by atoms with E-state index >= 15 is 0 Å². The average Bonchev–Trinajstić information content (AvgIpc) is 2.95. The number of amides is 2. The number of carbonyl (C=O) groups excluding carboxylic acids is 2. The fraction of sp³-hybridized carbons (Fsp3) is 0.273. The van der Waals surface area contributed by atoms with Crippen LogP contribution in [0, 0.1) is 13.8 Å². The number of rotatable bonds is 5. The molecule has 28 heavy (non-hydrogen) atoms. The lowest BCUT2D eigenvalue weighted by Gasteiger charge is -2.21. The van der Waals surface area contributed by atoms with Crippen LogP contribution >= 0.6 is 0 Å². The molecule has 0 unspecified atom stereocenters. The molecule has 0 radical (unpaired) electrons. The van der Waals surface area contributed by atoms with Gasteiger partial charge in [0, 0.05) is 30.4 Å². The molecule has 1 aliphatic rings. The Bertz CT molecular complexity index is 961. The number of aromatic hydroxyl groups is 1. The first-order valence-electron chi connectivity index (χ1n) is 9.38. The Kier molecular flexibility index (Phi) is 5.40. The minimum Gasteiger partial charge on any atom is -0.507 e. The molecule has 6 nitrogen and oxygen atoms in total. The van der Waals surface area contributed by atoms with E-state index in [9.17, 15) is 14.7 Å². The zero-order valence-electron chi connectivity index (χ0n) is 16.6. The van der Waals surface area contributed by atoms with Gasteiger partial charge in [-0.3, -0.25) is 15.0 Å². The molecule has 1 fully saturated rings. The number of hydrogen-bond acceptors (Lipinski definition) is 4. The third kappa shape index (κ3) is 3.58. The molecule has 0 bridgehead atoms. The fourth-order valence-corrected chi connectivity index (χ4v) is 3.20. The summed E-state index contributed by atoms with van der Waals surface area (Å²) in [6, 6.07) is 10.8. The van der Waals surface area contributed by atoms with E-state index in [4.69, 9.17) is 0 Å². The van der Waals surface area contributed by atoms with Crippen molar-refractivity contribution in [1.82, 2.24) is 5.43 Å². The second kappa shape index (κ2) is 7.76. The second-order valence-electron chi connectivity index (χ2n) is 6.82. The van der Waals surface area contributed by atoms with Crippen molar-refractivity contribution in [3.63, 3.8) is 0 Å². The van der Waals surface area contributed by atoms with Crippen LogP contribution in [0.25, 0.3) is 6.08 Å². The summed E-state index contributed by atoms with van der Waals surface area (Å²) in [6.07, 6.45) is 1.43. The first-order chi connectivity index (χ1) is 13.3. The summed E-state index contributed by atoms with van der Waals surface area (Å²) in [5.41, 5.74) is 6.64. The van der Waals surface area contributed by atoms with Gasteiger partial charge in [0.2, 0.25) is 0 Å². The van der Waals surface area contributed by atoms with Gasteiger partial charge in [0.25, 0.3) is 11.8 Å². The number of carbonyl (C=O) groups is 2. The number of hydrogen-bond donors (Lipinski definition) is 2. The first-order valence-corrected chi connectivity index (χ1v) is 9.38. The molecule has 0 aromatic heterocycles. The van der Waals surface area contributed by atoms with Crippen LogP contribution in [0.4, 0.5) is 11.4 Å². The summed E-state index contributed by atoms with van der Waals surface area (Å²) in [4.78, 5) is 27.3. The van der Waals surface area contributed by atoms with Crippen molar-refractivity contribution in [3.05, 3.63) is 58.7 Å². The number of anilines is 2. The van der Waals surface area contributed by atoms with E-state index < -0.39 is 11.8 Å². The molecule has 2 N–H and O–H groups in total. The fourth-order valence-electron chi connectivity index (χ4n) is 3.20. The molecule has 1 heterocycles. The van der Waals surface area contributed by atoms with E-state index in [2.05, 4.69) is 10.3 Å². The van der Waals surface area contributed by atoms with Gasteiger partial charge >= 0.3 is 0 Å². The number of phenols is 1. The van der Waals surface area contributed by atoms with Crippen LogP contribution in [0.2, 0.25) is 0 Å². The zero-order chi connectivity index (χ0) is 20.4. The predicted molar refractivity (Wildman–Crippen MR) is 111 cm³/mol. The monoisotopic (exact) mass is 379 g/mol. The molecule has 3 rings (SSSR count). The van der Waals surface area contributed by atoms with Crippen molar-refractivity contribution < 1.29 is 14.7 Å². The van der Waals surface area contributed by atoms with Gasteiger partial charge in [0.1, 0.15) is 11.3 Å². The summed E-state index contributed by atoms with van der Waals surface area (Å²) in [6.45, 7) is 9.66. The van der Waals surface area contributed by atoms with Gasteiger partial charge in [-0.15, -0.1) is 0 Å². The third-order valence-electron chi connectivity index (χ3n) is 5.08. The first kappa shape index (κ1) is 19.5. The summed E-state index contributed by atoms with van der Waals surface area (Å²) in [5, 5.41) is 11.6. The Labute approximate surface area is 165 Å². The quantitative estimate of drug-likeness (QED) is 0.617. The molecule has 0 aliphatic carbocycles. The molecule has 1 saturated heterocycles. The van der Waals surface area contributed by atoms with E-state index in [1.165, 1.54) is 11.1 Å². The minimum absolute atomic E-state index is 0.0101. The third-order valence-corrected chi connectivity index (χ3v) is 5.08. The zero-order valence-corrected chi connectivity index (χ0v) is 16.6. The Morgan fingerprint density at radius 1 is 1.04 bits per heavy atom. The molecule has 0 spiro atoms. The van der Waals surface area contributed by atoms with Crippen molar-refractivity contribution in [3.8, 4) is 5.75 Å². The van der Waals surface area contributed by atoms with E-state index in [1.807, 2.05) is 45.9 Å². The Hall–Kier alpha value is -3.28. The van der Waals surface area contributed by atoms with Crippen LogP contribution in [0.5, 0.6) is 5.75 Å². The molecule has 2 amide bonds. The highest BCUT2D eigenvalue weighted by atomic mass is 16.3. The van der Waals surface area contributed by atoms with Gasteiger partial charge in [0.05, 0.1) is 5.69 Å². The van der Waals surface area contributed by atoms with Gasteiger partial charge in [-0.2, -0.15) is 0 Å². The van der Waals surface area contributed by atoms with Gasteiger partial charge in [-0.05, 0) is 69.2 Å².